The third-order valence-corrected chi connectivity index (χ3v) is 16.9. The molecule has 0 aromatic carbocycles. The summed E-state index contributed by atoms with van der Waals surface area (Å²) in [6.07, 6.45) is 17.2. The number of fused-ring (bicyclic) bond motifs is 7. The molecule has 12 atom stereocenters. The summed E-state index contributed by atoms with van der Waals surface area (Å²) in [7, 11) is 0. The Hall–Kier alpha value is -1.49. The van der Waals surface area contributed by atoms with Crippen LogP contribution in [0.15, 0.2) is 11.1 Å². The molecule has 7 aliphatic carbocycles. The van der Waals surface area contributed by atoms with Crippen LogP contribution >= 0.6 is 0 Å². The van der Waals surface area contributed by atoms with Crippen LogP contribution in [0.1, 0.15) is 138 Å². The maximum atomic E-state index is 13.8. The highest BCUT2D eigenvalue weighted by atomic mass is 16.4. The van der Waals surface area contributed by atoms with Crippen LogP contribution in [-0.4, -0.2) is 35.7 Å². The molecule has 7 rings (SSSR count). The average molecular weight is 648 g/mol. The number of aliphatic carboxylic acids is 1. The Kier molecular flexibility index (Phi) is 8.95. The van der Waals surface area contributed by atoms with E-state index in [1.807, 2.05) is 6.92 Å². The average Bonchev–Trinajstić information content (AvgIpc) is 3.29. The van der Waals surface area contributed by atoms with Gasteiger partial charge in [0.25, 0.3) is 0 Å². The molecule has 0 radical (unpaired) electrons. The first-order valence-electron chi connectivity index (χ1n) is 20.0. The molecular weight excluding hydrogens is 582 g/mol. The maximum absolute atomic E-state index is 13.8. The summed E-state index contributed by atoms with van der Waals surface area (Å²) in [5.74, 6) is 4.46. The molecule has 0 aliphatic heterocycles. The number of carbonyl (C=O) groups excluding carboxylic acids is 2. The first-order valence-corrected chi connectivity index (χ1v) is 20.0. The van der Waals surface area contributed by atoms with Gasteiger partial charge in [0.05, 0.1) is 5.92 Å². The summed E-state index contributed by atoms with van der Waals surface area (Å²) >= 11 is 0. The van der Waals surface area contributed by atoms with Crippen molar-refractivity contribution in [3.05, 3.63) is 11.1 Å². The van der Waals surface area contributed by atoms with Crippen molar-refractivity contribution in [1.82, 2.24) is 5.32 Å². The van der Waals surface area contributed by atoms with E-state index in [-0.39, 0.29) is 23.2 Å². The van der Waals surface area contributed by atoms with Crippen molar-refractivity contribution in [2.45, 2.75) is 138 Å². The molecule has 6 saturated carbocycles. The summed E-state index contributed by atoms with van der Waals surface area (Å²) in [5, 5.41) is 13.3. The van der Waals surface area contributed by atoms with Gasteiger partial charge in [-0.3, -0.25) is 14.4 Å². The number of carboxylic acid groups (broad SMARTS) is 1. The van der Waals surface area contributed by atoms with Crippen molar-refractivity contribution < 1.29 is 19.5 Å². The van der Waals surface area contributed by atoms with Crippen LogP contribution in [0.3, 0.4) is 0 Å². The SMILES string of the molecule is CC(C)C1=C2C3CCC4C(C)(CCC5C(C)C(CC(=O)C6CC(C(=O)O)C6C)CCC54C)C3CCC2(CCNCC2CCC2)CC1=O. The second-order valence-corrected chi connectivity index (χ2v) is 19.1. The molecule has 5 heteroatoms. The minimum Gasteiger partial charge on any atom is -0.481 e. The van der Waals surface area contributed by atoms with Crippen LogP contribution in [0, 0.1) is 81.3 Å². The quantitative estimate of drug-likeness (QED) is 0.231. The third-order valence-electron chi connectivity index (χ3n) is 16.9. The van der Waals surface area contributed by atoms with Gasteiger partial charge in [0.2, 0.25) is 0 Å². The number of rotatable bonds is 10. The van der Waals surface area contributed by atoms with E-state index < -0.39 is 5.97 Å². The highest BCUT2D eigenvalue weighted by Gasteiger charge is 2.64. The van der Waals surface area contributed by atoms with E-state index >= 15 is 0 Å². The molecular formula is C42H65NO4. The van der Waals surface area contributed by atoms with E-state index in [9.17, 15) is 19.5 Å². The standard InChI is InChI=1S/C42H65NO4/c1-24(2)37-35(45)22-42(18-19-43-23-27-8-7-9-27)17-14-33-29(38(37)42)10-11-36-40(5)15-12-28(25(3)32(40)13-16-41(33,36)6)20-34(44)30-21-31(26(30)4)39(46)47/h24-33,36,43H,7-23H2,1-6H3,(H,46,47). The summed E-state index contributed by atoms with van der Waals surface area (Å²) in [6, 6.07) is 0. The zero-order chi connectivity index (χ0) is 33.5. The number of allylic oxidation sites excluding steroid dienone is 2. The number of hydrogen-bond acceptors (Lipinski definition) is 4. The first-order chi connectivity index (χ1) is 22.3. The van der Waals surface area contributed by atoms with Crippen LogP contribution in [0.5, 0.6) is 0 Å². The Bertz CT molecular complexity index is 1300. The second kappa shape index (κ2) is 12.4. The molecule has 0 aromatic rings. The van der Waals surface area contributed by atoms with E-state index in [1.54, 1.807) is 5.57 Å². The van der Waals surface area contributed by atoms with Gasteiger partial charge in [0.1, 0.15) is 5.78 Å². The van der Waals surface area contributed by atoms with Crippen molar-refractivity contribution in [3.8, 4) is 0 Å². The predicted molar refractivity (Wildman–Crippen MR) is 187 cm³/mol. The Labute approximate surface area is 285 Å². The third kappa shape index (κ3) is 5.36. The molecule has 0 bridgehead atoms. The normalized spacial score (nSPS) is 46.2. The zero-order valence-electron chi connectivity index (χ0n) is 30.5. The number of ketones is 2. The van der Waals surface area contributed by atoms with E-state index in [2.05, 4.69) is 39.9 Å². The smallest absolute Gasteiger partial charge is 0.306 e. The van der Waals surface area contributed by atoms with Gasteiger partial charge in [-0.25, -0.2) is 0 Å². The van der Waals surface area contributed by atoms with Gasteiger partial charge in [0.15, 0.2) is 5.78 Å². The molecule has 5 nitrogen and oxygen atoms in total. The predicted octanol–water partition coefficient (Wildman–Crippen LogP) is 8.90. The Morgan fingerprint density at radius 3 is 2.26 bits per heavy atom. The van der Waals surface area contributed by atoms with Gasteiger partial charge in [-0.2, -0.15) is 0 Å². The molecule has 2 N–H and O–H groups in total. The molecule has 7 aliphatic rings. The van der Waals surface area contributed by atoms with Crippen LogP contribution < -0.4 is 5.32 Å². The number of carboxylic acids is 1. The van der Waals surface area contributed by atoms with Crippen LogP contribution in [0.25, 0.3) is 0 Å². The molecule has 47 heavy (non-hydrogen) atoms. The number of hydrogen-bond donors (Lipinski definition) is 2. The van der Waals surface area contributed by atoms with Crippen molar-refractivity contribution >= 4 is 17.5 Å². The lowest BCUT2D eigenvalue weighted by Gasteiger charge is -2.67. The van der Waals surface area contributed by atoms with Crippen molar-refractivity contribution in [2.75, 3.05) is 13.1 Å². The highest BCUT2D eigenvalue weighted by Crippen LogP contribution is 2.72. The Morgan fingerprint density at radius 2 is 1.60 bits per heavy atom. The van der Waals surface area contributed by atoms with Crippen LogP contribution in [0.4, 0.5) is 0 Å². The fourth-order valence-corrected chi connectivity index (χ4v) is 14.0. The first kappa shape index (κ1) is 34.0. The lowest BCUT2D eigenvalue weighted by Crippen LogP contribution is -2.60. The van der Waals surface area contributed by atoms with Crippen molar-refractivity contribution in [2.24, 2.45) is 81.3 Å². The van der Waals surface area contributed by atoms with Gasteiger partial charge in [-0.15, -0.1) is 0 Å². The molecule has 6 fully saturated rings. The van der Waals surface area contributed by atoms with Gasteiger partial charge in [-0.1, -0.05) is 53.5 Å². The minimum atomic E-state index is -0.737. The second-order valence-electron chi connectivity index (χ2n) is 19.1. The molecule has 0 aromatic heterocycles. The maximum Gasteiger partial charge on any atom is 0.306 e. The topological polar surface area (TPSA) is 83.5 Å². The van der Waals surface area contributed by atoms with Crippen LogP contribution in [-0.2, 0) is 14.4 Å². The fourth-order valence-electron chi connectivity index (χ4n) is 14.0. The van der Waals surface area contributed by atoms with E-state index in [1.165, 1.54) is 69.8 Å². The summed E-state index contributed by atoms with van der Waals surface area (Å²) in [4.78, 5) is 38.7. The number of nitrogens with one attached hydrogen (secondary N) is 1. The van der Waals surface area contributed by atoms with Gasteiger partial charge >= 0.3 is 5.97 Å². The summed E-state index contributed by atoms with van der Waals surface area (Å²) in [6.45, 7) is 16.5. The van der Waals surface area contributed by atoms with E-state index in [4.69, 9.17) is 0 Å². The summed E-state index contributed by atoms with van der Waals surface area (Å²) in [5.41, 5.74) is 3.60. The van der Waals surface area contributed by atoms with E-state index in [0.717, 1.165) is 38.3 Å². The fraction of sp³-hybridized carbons (Fsp3) is 0.881. The minimum absolute atomic E-state index is 0.0194. The molecule has 0 amide bonds. The number of carbonyl (C=O) groups is 3. The highest BCUT2D eigenvalue weighted by molar-refractivity contribution is 6.00. The molecule has 262 valence electrons. The largest absolute Gasteiger partial charge is 0.481 e. The Morgan fingerprint density at radius 1 is 0.894 bits per heavy atom. The van der Waals surface area contributed by atoms with E-state index in [0.29, 0.717) is 76.7 Å². The van der Waals surface area contributed by atoms with Gasteiger partial charge in [0, 0.05) is 24.2 Å². The molecule has 0 heterocycles. The summed E-state index contributed by atoms with van der Waals surface area (Å²) < 4.78 is 0. The molecule has 12 unspecified atom stereocenters. The Balaban J connectivity index is 1.07. The number of Topliss-reactive ketones (excluding diaryl/α,β-unsaturated/α-hetero) is 2. The van der Waals surface area contributed by atoms with Crippen molar-refractivity contribution in [1.29, 1.82) is 0 Å². The lowest BCUT2D eigenvalue weighted by molar-refractivity contribution is -0.172. The van der Waals surface area contributed by atoms with Crippen LogP contribution in [0.2, 0.25) is 0 Å². The van der Waals surface area contributed by atoms with Gasteiger partial charge < -0.3 is 10.4 Å². The molecule has 0 spiro atoms. The monoisotopic (exact) mass is 647 g/mol. The zero-order valence-corrected chi connectivity index (χ0v) is 30.5. The van der Waals surface area contributed by atoms with Gasteiger partial charge in [-0.05, 0) is 160 Å². The molecule has 0 saturated heterocycles. The van der Waals surface area contributed by atoms with Crippen molar-refractivity contribution in [3.63, 3.8) is 0 Å². The lowest BCUT2D eigenvalue weighted by atomic mass is 9.37.